The highest BCUT2D eigenvalue weighted by atomic mass is 35.5. The Bertz CT molecular complexity index is 623. The van der Waals surface area contributed by atoms with Gasteiger partial charge in [-0.1, -0.05) is 17.7 Å². The Labute approximate surface area is 134 Å². The molecular weight excluding hydrogens is 300 g/mol. The standard InChI is InChI=1S/C17H17ClN2O2/c18-13-4-6-14(7-5-13)22-15-8-11-20(12-9-15)17(21)16-3-1-2-10-19-16/h1-7,10,15H,8-9,11-12H2. The summed E-state index contributed by atoms with van der Waals surface area (Å²) < 4.78 is 5.93. The molecule has 1 aliphatic heterocycles. The van der Waals surface area contributed by atoms with Crippen LogP contribution in [-0.4, -0.2) is 35.0 Å². The molecule has 0 atom stereocenters. The quantitative estimate of drug-likeness (QED) is 0.871. The number of carbonyl (C=O) groups is 1. The van der Waals surface area contributed by atoms with Crippen molar-refractivity contribution in [3.8, 4) is 5.75 Å². The topological polar surface area (TPSA) is 42.4 Å². The molecule has 22 heavy (non-hydrogen) atoms. The van der Waals surface area contributed by atoms with E-state index < -0.39 is 0 Å². The highest BCUT2D eigenvalue weighted by Gasteiger charge is 2.25. The van der Waals surface area contributed by atoms with Crippen molar-refractivity contribution >= 4 is 17.5 Å². The molecule has 1 saturated heterocycles. The van der Waals surface area contributed by atoms with Crippen molar-refractivity contribution in [2.45, 2.75) is 18.9 Å². The SMILES string of the molecule is O=C(c1ccccn1)N1CCC(Oc2ccc(Cl)cc2)CC1. The van der Waals surface area contributed by atoms with E-state index in [9.17, 15) is 4.79 Å². The largest absolute Gasteiger partial charge is 0.490 e. The Morgan fingerprint density at radius 2 is 1.86 bits per heavy atom. The van der Waals surface area contributed by atoms with Gasteiger partial charge in [0.15, 0.2) is 0 Å². The maximum atomic E-state index is 12.3. The summed E-state index contributed by atoms with van der Waals surface area (Å²) in [4.78, 5) is 18.3. The van der Waals surface area contributed by atoms with Crippen molar-refractivity contribution < 1.29 is 9.53 Å². The van der Waals surface area contributed by atoms with Crippen molar-refractivity contribution in [1.29, 1.82) is 0 Å². The highest BCUT2D eigenvalue weighted by Crippen LogP contribution is 2.21. The molecule has 4 nitrogen and oxygen atoms in total. The number of piperidine rings is 1. The molecule has 0 radical (unpaired) electrons. The lowest BCUT2D eigenvalue weighted by Gasteiger charge is -2.32. The van der Waals surface area contributed by atoms with Crippen LogP contribution >= 0.6 is 11.6 Å². The van der Waals surface area contributed by atoms with Crippen LogP contribution in [0.3, 0.4) is 0 Å². The summed E-state index contributed by atoms with van der Waals surface area (Å²) in [6, 6.07) is 12.8. The lowest BCUT2D eigenvalue weighted by Crippen LogP contribution is -2.42. The minimum absolute atomic E-state index is 0.00876. The molecule has 2 aromatic rings. The molecule has 2 heterocycles. The molecule has 1 aromatic carbocycles. The first kappa shape index (κ1) is 14.9. The monoisotopic (exact) mass is 316 g/mol. The van der Waals surface area contributed by atoms with Crippen LogP contribution in [0.2, 0.25) is 5.02 Å². The normalized spacial score (nSPS) is 15.6. The van der Waals surface area contributed by atoms with E-state index in [1.165, 1.54) is 0 Å². The number of carbonyl (C=O) groups excluding carboxylic acids is 1. The number of aromatic nitrogens is 1. The van der Waals surface area contributed by atoms with Crippen molar-refractivity contribution in [3.63, 3.8) is 0 Å². The second-order valence-electron chi connectivity index (χ2n) is 5.28. The van der Waals surface area contributed by atoms with Crippen LogP contribution in [0.1, 0.15) is 23.3 Å². The molecule has 1 fully saturated rings. The molecule has 0 aliphatic carbocycles. The molecule has 1 aromatic heterocycles. The van der Waals surface area contributed by atoms with E-state index in [4.69, 9.17) is 16.3 Å². The summed E-state index contributed by atoms with van der Waals surface area (Å²) in [7, 11) is 0. The van der Waals surface area contributed by atoms with Gasteiger partial charge in [-0.3, -0.25) is 9.78 Å². The molecule has 5 heteroatoms. The van der Waals surface area contributed by atoms with Crippen LogP contribution in [0, 0.1) is 0 Å². The number of benzene rings is 1. The minimum atomic E-state index is -0.00876. The Hall–Kier alpha value is -2.07. The highest BCUT2D eigenvalue weighted by molar-refractivity contribution is 6.30. The third-order valence-corrected chi connectivity index (χ3v) is 3.98. The number of amides is 1. The van der Waals surface area contributed by atoms with Gasteiger partial charge in [-0.2, -0.15) is 0 Å². The number of rotatable bonds is 3. The molecular formula is C17H17ClN2O2. The van der Waals surface area contributed by atoms with Crippen LogP contribution in [0.4, 0.5) is 0 Å². The number of hydrogen-bond donors (Lipinski definition) is 0. The van der Waals surface area contributed by atoms with Gasteiger partial charge in [0.2, 0.25) is 0 Å². The van der Waals surface area contributed by atoms with Crippen LogP contribution in [0.25, 0.3) is 0 Å². The Morgan fingerprint density at radius 1 is 1.14 bits per heavy atom. The number of pyridine rings is 1. The average molecular weight is 317 g/mol. The third-order valence-electron chi connectivity index (χ3n) is 3.73. The van der Waals surface area contributed by atoms with Crippen molar-refractivity contribution in [1.82, 2.24) is 9.88 Å². The fourth-order valence-electron chi connectivity index (χ4n) is 2.53. The van der Waals surface area contributed by atoms with Gasteiger partial charge >= 0.3 is 0 Å². The Kier molecular flexibility index (Phi) is 4.59. The predicted octanol–water partition coefficient (Wildman–Crippen LogP) is 3.42. The van der Waals surface area contributed by atoms with E-state index in [1.807, 2.05) is 41.3 Å². The van der Waals surface area contributed by atoms with Gasteiger partial charge in [0, 0.05) is 37.2 Å². The molecule has 0 unspecified atom stereocenters. The number of ether oxygens (including phenoxy) is 1. The van der Waals surface area contributed by atoms with E-state index in [2.05, 4.69) is 4.98 Å². The number of likely N-dealkylation sites (tertiary alicyclic amines) is 1. The van der Waals surface area contributed by atoms with Gasteiger partial charge in [-0.05, 0) is 36.4 Å². The molecule has 1 amide bonds. The summed E-state index contributed by atoms with van der Waals surface area (Å²) in [6.45, 7) is 1.38. The van der Waals surface area contributed by atoms with Gasteiger partial charge in [0.1, 0.15) is 17.5 Å². The summed E-state index contributed by atoms with van der Waals surface area (Å²) >= 11 is 5.86. The average Bonchev–Trinajstić information content (AvgIpc) is 2.58. The van der Waals surface area contributed by atoms with Crippen molar-refractivity contribution in [3.05, 3.63) is 59.4 Å². The van der Waals surface area contributed by atoms with E-state index in [0.717, 1.165) is 18.6 Å². The van der Waals surface area contributed by atoms with E-state index in [0.29, 0.717) is 23.8 Å². The Balaban J connectivity index is 1.54. The van der Waals surface area contributed by atoms with Crippen LogP contribution < -0.4 is 4.74 Å². The maximum absolute atomic E-state index is 12.3. The van der Waals surface area contributed by atoms with E-state index in [1.54, 1.807) is 12.3 Å². The molecule has 0 bridgehead atoms. The first-order chi connectivity index (χ1) is 10.7. The van der Waals surface area contributed by atoms with Gasteiger partial charge in [-0.25, -0.2) is 0 Å². The van der Waals surface area contributed by atoms with Gasteiger partial charge in [-0.15, -0.1) is 0 Å². The summed E-state index contributed by atoms with van der Waals surface area (Å²) in [5, 5.41) is 0.697. The first-order valence-corrected chi connectivity index (χ1v) is 7.73. The predicted molar refractivity (Wildman–Crippen MR) is 85.2 cm³/mol. The van der Waals surface area contributed by atoms with Crippen LogP contribution in [-0.2, 0) is 0 Å². The molecule has 3 rings (SSSR count). The number of halogens is 1. The zero-order valence-electron chi connectivity index (χ0n) is 12.1. The van der Waals surface area contributed by atoms with Crippen LogP contribution in [0.5, 0.6) is 5.75 Å². The second kappa shape index (κ2) is 6.79. The molecule has 0 N–H and O–H groups in total. The molecule has 1 aliphatic rings. The fraction of sp³-hybridized carbons (Fsp3) is 0.294. The minimum Gasteiger partial charge on any atom is -0.490 e. The first-order valence-electron chi connectivity index (χ1n) is 7.35. The second-order valence-corrected chi connectivity index (χ2v) is 5.71. The lowest BCUT2D eigenvalue weighted by molar-refractivity contribution is 0.0590. The van der Waals surface area contributed by atoms with Gasteiger partial charge in [0.25, 0.3) is 5.91 Å². The summed E-state index contributed by atoms with van der Waals surface area (Å²) in [6.07, 6.45) is 3.42. The summed E-state index contributed by atoms with van der Waals surface area (Å²) in [5.41, 5.74) is 0.500. The zero-order valence-corrected chi connectivity index (χ0v) is 12.9. The van der Waals surface area contributed by atoms with Crippen molar-refractivity contribution in [2.75, 3.05) is 13.1 Å². The van der Waals surface area contributed by atoms with E-state index >= 15 is 0 Å². The molecule has 114 valence electrons. The lowest BCUT2D eigenvalue weighted by atomic mass is 10.1. The number of hydrogen-bond acceptors (Lipinski definition) is 3. The van der Waals surface area contributed by atoms with Crippen LogP contribution in [0.15, 0.2) is 48.7 Å². The number of nitrogens with zero attached hydrogens (tertiary/aromatic N) is 2. The molecule has 0 spiro atoms. The van der Waals surface area contributed by atoms with Gasteiger partial charge in [0.05, 0.1) is 0 Å². The van der Waals surface area contributed by atoms with E-state index in [-0.39, 0.29) is 12.0 Å². The molecule has 0 saturated carbocycles. The Morgan fingerprint density at radius 3 is 2.50 bits per heavy atom. The van der Waals surface area contributed by atoms with Gasteiger partial charge < -0.3 is 9.64 Å². The smallest absolute Gasteiger partial charge is 0.272 e. The third kappa shape index (κ3) is 3.57. The zero-order chi connectivity index (χ0) is 15.4. The fourth-order valence-corrected chi connectivity index (χ4v) is 2.66. The van der Waals surface area contributed by atoms with Crippen molar-refractivity contribution in [2.24, 2.45) is 0 Å². The maximum Gasteiger partial charge on any atom is 0.272 e. The summed E-state index contributed by atoms with van der Waals surface area (Å²) in [5.74, 6) is 0.810.